The number of hydrogen-bond donors (Lipinski definition) is 1. The second-order valence-electron chi connectivity index (χ2n) is 6.60. The third kappa shape index (κ3) is 4.97. The Hall–Kier alpha value is -3.80. The Labute approximate surface area is 175 Å². The summed E-state index contributed by atoms with van der Waals surface area (Å²) in [5, 5.41) is 2.78. The lowest BCUT2D eigenvalue weighted by Gasteiger charge is -2.19. The van der Waals surface area contributed by atoms with Gasteiger partial charge in [0.15, 0.2) is 0 Å². The molecule has 0 heterocycles. The summed E-state index contributed by atoms with van der Waals surface area (Å²) in [5.74, 6) is 0.0826. The van der Waals surface area contributed by atoms with Crippen LogP contribution in [0.3, 0.4) is 0 Å². The fourth-order valence-corrected chi connectivity index (χ4v) is 2.93. The fourth-order valence-electron chi connectivity index (χ4n) is 2.93. The number of esters is 1. The SMILES string of the molecule is COc1cccc(NC(=O)[C@@H](OC(=O)c2ccc(C)c(OC)c2)c2ccccc2)c1. The van der Waals surface area contributed by atoms with Crippen LogP contribution in [-0.2, 0) is 9.53 Å². The Kier molecular flexibility index (Phi) is 6.70. The minimum atomic E-state index is -1.13. The molecule has 0 spiro atoms. The van der Waals surface area contributed by atoms with Crippen molar-refractivity contribution in [3.63, 3.8) is 0 Å². The molecule has 0 unspecified atom stereocenters. The molecule has 154 valence electrons. The third-order valence-electron chi connectivity index (χ3n) is 4.55. The molecule has 0 bridgehead atoms. The largest absolute Gasteiger partial charge is 0.497 e. The Morgan fingerprint density at radius 1 is 0.867 bits per heavy atom. The summed E-state index contributed by atoms with van der Waals surface area (Å²) >= 11 is 0. The molecule has 3 rings (SSSR count). The predicted molar refractivity (Wildman–Crippen MR) is 114 cm³/mol. The number of hydrogen-bond acceptors (Lipinski definition) is 5. The molecule has 1 N–H and O–H groups in total. The molecular formula is C24H23NO5. The van der Waals surface area contributed by atoms with Gasteiger partial charge in [-0.25, -0.2) is 4.79 Å². The average Bonchev–Trinajstić information content (AvgIpc) is 2.78. The summed E-state index contributed by atoms with van der Waals surface area (Å²) in [6, 6.07) is 20.8. The van der Waals surface area contributed by atoms with Gasteiger partial charge in [0, 0.05) is 17.3 Å². The van der Waals surface area contributed by atoms with Crippen LogP contribution in [0.25, 0.3) is 0 Å². The number of methoxy groups -OCH3 is 2. The highest BCUT2D eigenvalue weighted by atomic mass is 16.5. The number of ether oxygens (including phenoxy) is 3. The van der Waals surface area contributed by atoms with Crippen LogP contribution in [-0.4, -0.2) is 26.1 Å². The van der Waals surface area contributed by atoms with E-state index >= 15 is 0 Å². The van der Waals surface area contributed by atoms with E-state index in [1.807, 2.05) is 13.0 Å². The maximum absolute atomic E-state index is 13.0. The van der Waals surface area contributed by atoms with E-state index in [0.29, 0.717) is 28.3 Å². The smallest absolute Gasteiger partial charge is 0.339 e. The second-order valence-corrected chi connectivity index (χ2v) is 6.60. The summed E-state index contributed by atoms with van der Waals surface area (Å²) in [6.45, 7) is 1.88. The van der Waals surface area contributed by atoms with E-state index in [2.05, 4.69) is 5.32 Å². The molecule has 0 saturated heterocycles. The normalized spacial score (nSPS) is 11.3. The Morgan fingerprint density at radius 2 is 1.63 bits per heavy atom. The molecule has 6 nitrogen and oxygen atoms in total. The number of aryl methyl sites for hydroxylation is 1. The highest BCUT2D eigenvalue weighted by Gasteiger charge is 2.26. The molecular weight excluding hydrogens is 382 g/mol. The molecule has 30 heavy (non-hydrogen) atoms. The minimum Gasteiger partial charge on any atom is -0.497 e. The zero-order valence-electron chi connectivity index (χ0n) is 17.0. The zero-order valence-corrected chi connectivity index (χ0v) is 17.0. The Bertz CT molecular complexity index is 1030. The van der Waals surface area contributed by atoms with Crippen molar-refractivity contribution in [2.24, 2.45) is 0 Å². The highest BCUT2D eigenvalue weighted by Crippen LogP contribution is 2.25. The van der Waals surface area contributed by atoms with Gasteiger partial charge in [0.1, 0.15) is 11.5 Å². The lowest BCUT2D eigenvalue weighted by molar-refractivity contribution is -0.125. The molecule has 0 aromatic heterocycles. The fraction of sp³-hybridized carbons (Fsp3) is 0.167. The summed E-state index contributed by atoms with van der Waals surface area (Å²) in [5.41, 5.74) is 2.29. The summed E-state index contributed by atoms with van der Waals surface area (Å²) in [7, 11) is 3.08. The van der Waals surface area contributed by atoms with Crippen molar-refractivity contribution in [3.8, 4) is 11.5 Å². The van der Waals surface area contributed by atoms with Crippen LogP contribution in [0, 0.1) is 6.92 Å². The monoisotopic (exact) mass is 405 g/mol. The quantitative estimate of drug-likeness (QED) is 0.584. The van der Waals surface area contributed by atoms with Gasteiger partial charge in [-0.3, -0.25) is 4.79 Å². The molecule has 6 heteroatoms. The van der Waals surface area contributed by atoms with E-state index in [-0.39, 0.29) is 0 Å². The van der Waals surface area contributed by atoms with E-state index < -0.39 is 18.0 Å². The van der Waals surface area contributed by atoms with Gasteiger partial charge in [0.25, 0.3) is 5.91 Å². The molecule has 0 fully saturated rings. The molecule has 3 aromatic carbocycles. The number of anilines is 1. The standard InChI is InChI=1S/C24H23NO5/c1-16-12-13-18(14-21(16)29-3)24(27)30-22(17-8-5-4-6-9-17)23(26)25-19-10-7-11-20(15-19)28-2/h4-15,22H,1-3H3,(H,25,26)/t22-/m0/s1. The molecule has 0 radical (unpaired) electrons. The molecule has 1 atom stereocenters. The molecule has 0 aliphatic rings. The van der Waals surface area contributed by atoms with Gasteiger partial charge in [0.05, 0.1) is 19.8 Å². The van der Waals surface area contributed by atoms with Crippen LogP contribution in [0.15, 0.2) is 72.8 Å². The molecule has 1 amide bonds. The average molecular weight is 405 g/mol. The van der Waals surface area contributed by atoms with Gasteiger partial charge in [-0.1, -0.05) is 42.5 Å². The minimum absolute atomic E-state index is 0.299. The van der Waals surface area contributed by atoms with Crippen LogP contribution in [0.5, 0.6) is 11.5 Å². The maximum atomic E-state index is 13.0. The Morgan fingerprint density at radius 3 is 2.33 bits per heavy atom. The topological polar surface area (TPSA) is 73.9 Å². The number of rotatable bonds is 7. The van der Waals surface area contributed by atoms with E-state index in [4.69, 9.17) is 14.2 Å². The van der Waals surface area contributed by atoms with Crippen molar-refractivity contribution >= 4 is 17.6 Å². The van der Waals surface area contributed by atoms with Crippen LogP contribution >= 0.6 is 0 Å². The first-order chi connectivity index (χ1) is 14.5. The van der Waals surface area contributed by atoms with E-state index in [9.17, 15) is 9.59 Å². The van der Waals surface area contributed by atoms with Gasteiger partial charge < -0.3 is 19.5 Å². The van der Waals surface area contributed by atoms with Crippen LogP contribution in [0.2, 0.25) is 0 Å². The van der Waals surface area contributed by atoms with E-state index in [0.717, 1.165) is 5.56 Å². The zero-order chi connectivity index (χ0) is 21.5. The van der Waals surface area contributed by atoms with E-state index in [1.165, 1.54) is 7.11 Å². The maximum Gasteiger partial charge on any atom is 0.339 e. The number of nitrogens with one attached hydrogen (secondary N) is 1. The molecule has 3 aromatic rings. The van der Waals surface area contributed by atoms with Crippen molar-refractivity contribution < 1.29 is 23.8 Å². The number of carbonyl (C=O) groups is 2. The molecule has 0 aliphatic heterocycles. The Balaban J connectivity index is 1.85. The summed E-state index contributed by atoms with van der Waals surface area (Å²) < 4.78 is 16.1. The summed E-state index contributed by atoms with van der Waals surface area (Å²) in [4.78, 5) is 25.8. The number of carbonyl (C=O) groups excluding carboxylic acids is 2. The van der Waals surface area contributed by atoms with Crippen LogP contribution < -0.4 is 14.8 Å². The molecule has 0 aliphatic carbocycles. The van der Waals surface area contributed by atoms with Crippen LogP contribution in [0.4, 0.5) is 5.69 Å². The van der Waals surface area contributed by atoms with Crippen molar-refractivity contribution in [3.05, 3.63) is 89.5 Å². The van der Waals surface area contributed by atoms with Gasteiger partial charge in [-0.2, -0.15) is 0 Å². The van der Waals surface area contributed by atoms with Gasteiger partial charge in [-0.15, -0.1) is 0 Å². The van der Waals surface area contributed by atoms with Crippen molar-refractivity contribution in [1.82, 2.24) is 0 Å². The van der Waals surface area contributed by atoms with Crippen molar-refractivity contribution in [2.45, 2.75) is 13.0 Å². The highest BCUT2D eigenvalue weighted by molar-refractivity contribution is 5.98. The molecule has 0 saturated carbocycles. The van der Waals surface area contributed by atoms with E-state index in [1.54, 1.807) is 73.8 Å². The lowest BCUT2D eigenvalue weighted by atomic mass is 10.1. The van der Waals surface area contributed by atoms with Gasteiger partial charge >= 0.3 is 5.97 Å². The number of amides is 1. The first kappa shape index (κ1) is 20.9. The predicted octanol–water partition coefficient (Wildman–Crippen LogP) is 4.55. The van der Waals surface area contributed by atoms with Crippen LogP contribution in [0.1, 0.15) is 27.6 Å². The van der Waals surface area contributed by atoms with Crippen molar-refractivity contribution in [2.75, 3.05) is 19.5 Å². The first-order valence-electron chi connectivity index (χ1n) is 9.37. The number of benzene rings is 3. The van der Waals surface area contributed by atoms with Gasteiger partial charge in [0.2, 0.25) is 6.10 Å². The first-order valence-corrected chi connectivity index (χ1v) is 9.37. The summed E-state index contributed by atoms with van der Waals surface area (Å²) in [6.07, 6.45) is -1.13. The van der Waals surface area contributed by atoms with Crippen molar-refractivity contribution in [1.29, 1.82) is 0 Å². The third-order valence-corrected chi connectivity index (χ3v) is 4.55. The second kappa shape index (κ2) is 9.60. The lowest BCUT2D eigenvalue weighted by Crippen LogP contribution is -2.26. The van der Waals surface area contributed by atoms with Gasteiger partial charge in [-0.05, 0) is 36.8 Å².